The van der Waals surface area contributed by atoms with Crippen molar-refractivity contribution in [3.63, 3.8) is 0 Å². The Kier molecular flexibility index (Phi) is 5.47. The summed E-state index contributed by atoms with van der Waals surface area (Å²) in [7, 11) is 0. The third-order valence-corrected chi connectivity index (χ3v) is 5.87. The Bertz CT molecular complexity index is 1170. The molecule has 0 radical (unpaired) electrons. The van der Waals surface area contributed by atoms with Gasteiger partial charge >= 0.3 is 0 Å². The Labute approximate surface area is 185 Å². The van der Waals surface area contributed by atoms with Crippen LogP contribution in [-0.4, -0.2) is 10.2 Å². The van der Waals surface area contributed by atoms with Crippen LogP contribution < -0.4 is 0 Å². The molecular formula is C28H32N2O. The lowest BCUT2D eigenvalue weighted by Gasteiger charge is -2.36. The lowest BCUT2D eigenvalue weighted by molar-refractivity contribution is 0.229. The molecular weight excluding hydrogens is 380 g/mol. The van der Waals surface area contributed by atoms with Gasteiger partial charge in [0, 0.05) is 11.1 Å². The highest BCUT2D eigenvalue weighted by molar-refractivity contribution is 5.94. The van der Waals surface area contributed by atoms with Gasteiger partial charge in [-0.05, 0) is 57.7 Å². The summed E-state index contributed by atoms with van der Waals surface area (Å²) in [6.45, 7) is 13.9. The smallest absolute Gasteiger partial charge is 0.248 e. The van der Waals surface area contributed by atoms with E-state index in [4.69, 9.17) is 4.42 Å². The Balaban J connectivity index is 1.64. The SMILES string of the molecule is CC(C)(C)CC(c1ccc(-c2nnc(-c3cccc4ccccc34)o2)cc1)C(C)(C)C. The van der Waals surface area contributed by atoms with E-state index in [2.05, 4.69) is 94.2 Å². The van der Waals surface area contributed by atoms with E-state index in [1.54, 1.807) is 0 Å². The van der Waals surface area contributed by atoms with Crippen molar-refractivity contribution in [2.45, 2.75) is 53.9 Å². The van der Waals surface area contributed by atoms with E-state index in [-0.39, 0.29) is 10.8 Å². The molecule has 31 heavy (non-hydrogen) atoms. The third-order valence-electron chi connectivity index (χ3n) is 5.87. The molecule has 160 valence electrons. The molecule has 0 fully saturated rings. The van der Waals surface area contributed by atoms with Crippen molar-refractivity contribution < 1.29 is 4.42 Å². The second-order valence-electron chi connectivity index (χ2n) is 10.7. The number of hydrogen-bond acceptors (Lipinski definition) is 3. The van der Waals surface area contributed by atoms with E-state index in [1.165, 1.54) is 5.56 Å². The summed E-state index contributed by atoms with van der Waals surface area (Å²) >= 11 is 0. The maximum Gasteiger partial charge on any atom is 0.248 e. The molecule has 3 aromatic carbocycles. The average Bonchev–Trinajstić information content (AvgIpc) is 3.20. The van der Waals surface area contributed by atoms with Gasteiger partial charge in [-0.3, -0.25) is 0 Å². The molecule has 0 saturated heterocycles. The predicted octanol–water partition coefficient (Wildman–Crippen LogP) is 8.12. The number of hydrogen-bond donors (Lipinski definition) is 0. The maximum absolute atomic E-state index is 6.09. The molecule has 0 bridgehead atoms. The second kappa shape index (κ2) is 7.96. The topological polar surface area (TPSA) is 38.9 Å². The average molecular weight is 413 g/mol. The molecule has 1 heterocycles. The molecule has 1 aromatic heterocycles. The van der Waals surface area contributed by atoms with Gasteiger partial charge in [-0.25, -0.2) is 0 Å². The summed E-state index contributed by atoms with van der Waals surface area (Å²) in [4.78, 5) is 0. The van der Waals surface area contributed by atoms with Crippen molar-refractivity contribution in [2.24, 2.45) is 10.8 Å². The van der Waals surface area contributed by atoms with E-state index in [0.29, 0.717) is 17.7 Å². The highest BCUT2D eigenvalue weighted by Crippen LogP contribution is 2.43. The number of aromatic nitrogens is 2. The van der Waals surface area contributed by atoms with Crippen LogP contribution >= 0.6 is 0 Å². The second-order valence-corrected chi connectivity index (χ2v) is 10.7. The van der Waals surface area contributed by atoms with E-state index in [1.807, 2.05) is 24.3 Å². The molecule has 0 aliphatic rings. The first kappa shape index (κ1) is 21.3. The van der Waals surface area contributed by atoms with Crippen LogP contribution in [0.5, 0.6) is 0 Å². The first-order chi connectivity index (χ1) is 14.6. The lowest BCUT2D eigenvalue weighted by Crippen LogP contribution is -2.23. The summed E-state index contributed by atoms with van der Waals surface area (Å²) in [5.41, 5.74) is 3.75. The van der Waals surface area contributed by atoms with Gasteiger partial charge in [0.05, 0.1) is 0 Å². The molecule has 0 spiro atoms. The zero-order valence-electron chi connectivity index (χ0n) is 19.4. The Hall–Kier alpha value is -2.94. The minimum absolute atomic E-state index is 0.195. The van der Waals surface area contributed by atoms with Crippen molar-refractivity contribution in [3.05, 3.63) is 72.3 Å². The van der Waals surface area contributed by atoms with Crippen LogP contribution in [0.3, 0.4) is 0 Å². The lowest BCUT2D eigenvalue weighted by atomic mass is 9.69. The van der Waals surface area contributed by atoms with Crippen LogP contribution in [0.15, 0.2) is 71.1 Å². The predicted molar refractivity (Wildman–Crippen MR) is 129 cm³/mol. The molecule has 0 aliphatic heterocycles. The fourth-order valence-corrected chi connectivity index (χ4v) is 4.26. The van der Waals surface area contributed by atoms with Gasteiger partial charge in [0.2, 0.25) is 11.8 Å². The van der Waals surface area contributed by atoms with Crippen molar-refractivity contribution >= 4 is 10.8 Å². The van der Waals surface area contributed by atoms with Crippen LogP contribution in [0.25, 0.3) is 33.7 Å². The van der Waals surface area contributed by atoms with E-state index in [9.17, 15) is 0 Å². The van der Waals surface area contributed by atoms with E-state index in [0.717, 1.165) is 28.3 Å². The van der Waals surface area contributed by atoms with Gasteiger partial charge in [0.25, 0.3) is 0 Å². The van der Waals surface area contributed by atoms with Crippen LogP contribution in [0, 0.1) is 10.8 Å². The van der Waals surface area contributed by atoms with Crippen molar-refractivity contribution in [2.75, 3.05) is 0 Å². The molecule has 0 aliphatic carbocycles. The largest absolute Gasteiger partial charge is 0.416 e. The molecule has 3 heteroatoms. The van der Waals surface area contributed by atoms with Crippen molar-refractivity contribution in [1.29, 1.82) is 0 Å². The zero-order valence-corrected chi connectivity index (χ0v) is 19.4. The van der Waals surface area contributed by atoms with Gasteiger partial charge < -0.3 is 4.42 Å². The van der Waals surface area contributed by atoms with Crippen molar-refractivity contribution in [3.8, 4) is 22.9 Å². The molecule has 3 nitrogen and oxygen atoms in total. The summed E-state index contributed by atoms with van der Waals surface area (Å²) in [5, 5.41) is 11.0. The third kappa shape index (κ3) is 4.71. The zero-order chi connectivity index (χ0) is 22.2. The van der Waals surface area contributed by atoms with E-state index < -0.39 is 0 Å². The van der Waals surface area contributed by atoms with Gasteiger partial charge in [-0.2, -0.15) is 0 Å². The number of benzene rings is 3. The Morgan fingerprint density at radius 1 is 0.742 bits per heavy atom. The first-order valence-electron chi connectivity index (χ1n) is 11.0. The maximum atomic E-state index is 6.09. The van der Waals surface area contributed by atoms with Crippen LogP contribution in [-0.2, 0) is 0 Å². The summed E-state index contributed by atoms with van der Waals surface area (Å²) < 4.78 is 6.09. The fourth-order valence-electron chi connectivity index (χ4n) is 4.26. The van der Waals surface area contributed by atoms with Crippen LogP contribution in [0.1, 0.15) is 59.4 Å². The van der Waals surface area contributed by atoms with Crippen LogP contribution in [0.4, 0.5) is 0 Å². The molecule has 0 amide bonds. The molecule has 4 aromatic rings. The monoisotopic (exact) mass is 412 g/mol. The van der Waals surface area contributed by atoms with Gasteiger partial charge in [-0.1, -0.05) is 90.1 Å². The minimum atomic E-state index is 0.195. The molecule has 1 atom stereocenters. The number of nitrogens with zero attached hydrogens (tertiary/aromatic N) is 2. The van der Waals surface area contributed by atoms with Crippen LogP contribution in [0.2, 0.25) is 0 Å². The first-order valence-corrected chi connectivity index (χ1v) is 11.0. The van der Waals surface area contributed by atoms with Gasteiger partial charge in [-0.15, -0.1) is 10.2 Å². The Morgan fingerprint density at radius 2 is 1.39 bits per heavy atom. The number of fused-ring (bicyclic) bond motifs is 1. The fraction of sp³-hybridized carbons (Fsp3) is 0.357. The molecule has 4 rings (SSSR count). The number of rotatable bonds is 4. The highest BCUT2D eigenvalue weighted by atomic mass is 16.4. The quantitative estimate of drug-likeness (QED) is 0.340. The van der Waals surface area contributed by atoms with Gasteiger partial charge in [0.1, 0.15) is 0 Å². The normalized spacial score (nSPS) is 13.5. The summed E-state index contributed by atoms with van der Waals surface area (Å²) in [6.07, 6.45) is 1.14. The highest BCUT2D eigenvalue weighted by Gasteiger charge is 2.30. The van der Waals surface area contributed by atoms with E-state index >= 15 is 0 Å². The minimum Gasteiger partial charge on any atom is -0.416 e. The standard InChI is InChI=1S/C28H32N2O/c1-27(2,3)18-24(28(4,5)6)20-14-16-21(17-15-20)25-29-30-26(31-25)23-13-9-11-19-10-7-8-12-22(19)23/h7-17,24H,18H2,1-6H3. The molecule has 0 N–H and O–H groups in total. The summed E-state index contributed by atoms with van der Waals surface area (Å²) in [5.74, 6) is 1.59. The Morgan fingerprint density at radius 3 is 2.06 bits per heavy atom. The van der Waals surface area contributed by atoms with Gasteiger partial charge in [0.15, 0.2) is 0 Å². The summed E-state index contributed by atoms with van der Waals surface area (Å²) in [6, 6.07) is 23.1. The molecule has 1 unspecified atom stereocenters. The molecule has 0 saturated carbocycles. The van der Waals surface area contributed by atoms with Crippen molar-refractivity contribution in [1.82, 2.24) is 10.2 Å².